The van der Waals surface area contributed by atoms with Crippen LogP contribution in [0.15, 0.2) is 24.3 Å². The van der Waals surface area contributed by atoms with Crippen LogP contribution in [0.4, 0.5) is 0 Å². The second kappa shape index (κ2) is 8.81. The molecule has 0 nitrogen and oxygen atoms in total. The van der Waals surface area contributed by atoms with Crippen molar-refractivity contribution in [3.8, 4) is 0 Å². The van der Waals surface area contributed by atoms with Gasteiger partial charge >= 0.3 is 0 Å². The summed E-state index contributed by atoms with van der Waals surface area (Å²) in [7, 11) is 0. The number of hydrogen-bond acceptors (Lipinski definition) is 0. The molecule has 0 N–H and O–H groups in total. The third-order valence-electron chi connectivity index (χ3n) is 3.09. The average molecular weight is 283 g/mol. The SMILES string of the molecule is Cc1ccccc1CCCCCCCCBr. The van der Waals surface area contributed by atoms with Gasteiger partial charge in [0.2, 0.25) is 0 Å². The molecule has 0 heterocycles. The number of rotatable bonds is 8. The Morgan fingerprint density at radius 1 is 0.875 bits per heavy atom. The molecular formula is C15H23Br. The van der Waals surface area contributed by atoms with Crippen LogP contribution in [0.3, 0.4) is 0 Å². The zero-order chi connectivity index (χ0) is 11.6. The van der Waals surface area contributed by atoms with Crippen molar-refractivity contribution >= 4 is 15.9 Å². The van der Waals surface area contributed by atoms with Crippen LogP contribution in [-0.2, 0) is 6.42 Å². The van der Waals surface area contributed by atoms with E-state index in [4.69, 9.17) is 0 Å². The normalized spacial score (nSPS) is 10.6. The molecule has 1 aromatic rings. The van der Waals surface area contributed by atoms with Crippen LogP contribution in [0.5, 0.6) is 0 Å². The Labute approximate surface area is 109 Å². The lowest BCUT2D eigenvalue weighted by Gasteiger charge is -2.05. The Balaban J connectivity index is 2.05. The number of unbranched alkanes of at least 4 members (excludes halogenated alkanes) is 5. The monoisotopic (exact) mass is 282 g/mol. The van der Waals surface area contributed by atoms with Gasteiger partial charge in [0, 0.05) is 5.33 Å². The first-order valence-electron chi connectivity index (χ1n) is 6.45. The largest absolute Gasteiger partial charge is 0.0928 e. The minimum absolute atomic E-state index is 1.16. The van der Waals surface area contributed by atoms with Gasteiger partial charge in [-0.15, -0.1) is 0 Å². The van der Waals surface area contributed by atoms with Crippen molar-refractivity contribution in [1.82, 2.24) is 0 Å². The van der Waals surface area contributed by atoms with Crippen LogP contribution in [0.25, 0.3) is 0 Å². The lowest BCUT2D eigenvalue weighted by Crippen LogP contribution is -1.89. The molecule has 0 atom stereocenters. The summed E-state index contributed by atoms with van der Waals surface area (Å²) in [5, 5.41) is 1.16. The Kier molecular flexibility index (Phi) is 7.58. The summed E-state index contributed by atoms with van der Waals surface area (Å²) < 4.78 is 0. The number of aryl methyl sites for hydroxylation is 2. The maximum atomic E-state index is 3.47. The molecule has 0 bridgehead atoms. The summed E-state index contributed by atoms with van der Waals surface area (Å²) in [4.78, 5) is 0. The van der Waals surface area contributed by atoms with Crippen molar-refractivity contribution in [2.45, 2.75) is 51.9 Å². The summed E-state index contributed by atoms with van der Waals surface area (Å²) >= 11 is 3.47. The number of hydrogen-bond donors (Lipinski definition) is 0. The zero-order valence-electron chi connectivity index (χ0n) is 10.3. The molecule has 0 saturated heterocycles. The van der Waals surface area contributed by atoms with Crippen LogP contribution in [0.2, 0.25) is 0 Å². The highest BCUT2D eigenvalue weighted by molar-refractivity contribution is 9.09. The Hall–Kier alpha value is -0.300. The molecule has 1 aromatic carbocycles. The quantitative estimate of drug-likeness (QED) is 0.450. The number of benzene rings is 1. The van der Waals surface area contributed by atoms with E-state index in [0.717, 1.165) is 5.33 Å². The van der Waals surface area contributed by atoms with E-state index in [0.29, 0.717) is 0 Å². The van der Waals surface area contributed by atoms with E-state index in [2.05, 4.69) is 47.1 Å². The first kappa shape index (κ1) is 13.8. The number of alkyl halides is 1. The molecule has 0 aliphatic carbocycles. The van der Waals surface area contributed by atoms with Gasteiger partial charge in [0.25, 0.3) is 0 Å². The fourth-order valence-corrected chi connectivity index (χ4v) is 2.40. The van der Waals surface area contributed by atoms with Crippen molar-refractivity contribution in [3.63, 3.8) is 0 Å². The van der Waals surface area contributed by atoms with Gasteiger partial charge in [0.1, 0.15) is 0 Å². The first-order valence-corrected chi connectivity index (χ1v) is 7.57. The highest BCUT2D eigenvalue weighted by Gasteiger charge is 1.96. The minimum Gasteiger partial charge on any atom is -0.0928 e. The molecule has 90 valence electrons. The van der Waals surface area contributed by atoms with E-state index >= 15 is 0 Å². The van der Waals surface area contributed by atoms with Gasteiger partial charge in [-0.3, -0.25) is 0 Å². The smallest absolute Gasteiger partial charge is 0.00313 e. The maximum Gasteiger partial charge on any atom is 0.00313 e. The minimum atomic E-state index is 1.16. The Morgan fingerprint density at radius 3 is 2.19 bits per heavy atom. The van der Waals surface area contributed by atoms with Crippen molar-refractivity contribution in [2.75, 3.05) is 5.33 Å². The third kappa shape index (κ3) is 5.69. The van der Waals surface area contributed by atoms with Crippen LogP contribution in [0, 0.1) is 6.92 Å². The van der Waals surface area contributed by atoms with Gasteiger partial charge < -0.3 is 0 Å². The highest BCUT2D eigenvalue weighted by atomic mass is 79.9. The van der Waals surface area contributed by atoms with Crippen molar-refractivity contribution in [3.05, 3.63) is 35.4 Å². The van der Waals surface area contributed by atoms with Crippen LogP contribution < -0.4 is 0 Å². The summed E-state index contributed by atoms with van der Waals surface area (Å²) in [6, 6.07) is 8.75. The fraction of sp³-hybridized carbons (Fsp3) is 0.600. The first-order chi connectivity index (χ1) is 7.84. The second-order valence-electron chi connectivity index (χ2n) is 4.49. The molecule has 1 heteroatoms. The van der Waals surface area contributed by atoms with E-state index < -0.39 is 0 Å². The molecule has 0 aliphatic rings. The summed E-state index contributed by atoms with van der Waals surface area (Å²) in [6.07, 6.45) is 9.51. The van der Waals surface area contributed by atoms with E-state index in [1.165, 1.54) is 56.1 Å². The van der Waals surface area contributed by atoms with Crippen LogP contribution >= 0.6 is 15.9 Å². The van der Waals surface area contributed by atoms with Gasteiger partial charge in [-0.1, -0.05) is 65.9 Å². The zero-order valence-corrected chi connectivity index (χ0v) is 11.9. The van der Waals surface area contributed by atoms with E-state index in [9.17, 15) is 0 Å². The van der Waals surface area contributed by atoms with E-state index in [1.807, 2.05) is 0 Å². The summed E-state index contributed by atoms with van der Waals surface area (Å²) in [6.45, 7) is 2.21. The van der Waals surface area contributed by atoms with Gasteiger partial charge in [-0.2, -0.15) is 0 Å². The molecule has 0 aliphatic heterocycles. The van der Waals surface area contributed by atoms with Crippen LogP contribution in [0.1, 0.15) is 49.7 Å². The lowest BCUT2D eigenvalue weighted by atomic mass is 10.0. The van der Waals surface area contributed by atoms with E-state index in [1.54, 1.807) is 0 Å². The predicted molar refractivity (Wildman–Crippen MR) is 76.4 cm³/mol. The standard InChI is InChI=1S/C15H23Br/c1-14-10-7-8-12-15(14)11-6-4-2-3-5-9-13-16/h7-8,10,12H,2-6,9,11,13H2,1H3. The van der Waals surface area contributed by atoms with Gasteiger partial charge in [-0.05, 0) is 37.3 Å². The fourth-order valence-electron chi connectivity index (χ4n) is 2.01. The molecule has 1 rings (SSSR count). The molecule has 0 amide bonds. The summed E-state index contributed by atoms with van der Waals surface area (Å²) in [5.74, 6) is 0. The van der Waals surface area contributed by atoms with Crippen LogP contribution in [-0.4, -0.2) is 5.33 Å². The van der Waals surface area contributed by atoms with Gasteiger partial charge in [-0.25, -0.2) is 0 Å². The van der Waals surface area contributed by atoms with E-state index in [-0.39, 0.29) is 0 Å². The lowest BCUT2D eigenvalue weighted by molar-refractivity contribution is 0.609. The number of halogens is 1. The average Bonchev–Trinajstić information content (AvgIpc) is 2.30. The third-order valence-corrected chi connectivity index (χ3v) is 3.65. The predicted octanol–water partition coefficient (Wildman–Crippen LogP) is 5.27. The van der Waals surface area contributed by atoms with Crippen molar-refractivity contribution in [2.24, 2.45) is 0 Å². The highest BCUT2D eigenvalue weighted by Crippen LogP contribution is 2.13. The Morgan fingerprint density at radius 2 is 1.50 bits per heavy atom. The topological polar surface area (TPSA) is 0 Å². The Bertz CT molecular complexity index is 281. The maximum absolute atomic E-state index is 3.47. The molecule has 16 heavy (non-hydrogen) atoms. The van der Waals surface area contributed by atoms with Gasteiger partial charge in [0.05, 0.1) is 0 Å². The molecule has 0 unspecified atom stereocenters. The van der Waals surface area contributed by atoms with Crippen molar-refractivity contribution < 1.29 is 0 Å². The molecule has 0 aromatic heterocycles. The summed E-state index contributed by atoms with van der Waals surface area (Å²) in [5.41, 5.74) is 2.98. The van der Waals surface area contributed by atoms with Gasteiger partial charge in [0.15, 0.2) is 0 Å². The molecule has 0 fully saturated rings. The van der Waals surface area contributed by atoms with Crippen molar-refractivity contribution in [1.29, 1.82) is 0 Å². The molecular weight excluding hydrogens is 260 g/mol. The molecule has 0 spiro atoms. The second-order valence-corrected chi connectivity index (χ2v) is 5.28. The molecule has 0 radical (unpaired) electrons. The molecule has 0 saturated carbocycles.